The molecule has 10 nitrogen and oxygen atoms in total. The van der Waals surface area contributed by atoms with E-state index in [0.717, 1.165) is 48.7 Å². The number of carbonyl (C=O) groups is 2. The average molecular weight is 493 g/mol. The maximum Gasteiger partial charge on any atom is 0.314 e. The van der Waals surface area contributed by atoms with Crippen LogP contribution in [0.2, 0.25) is 0 Å². The van der Waals surface area contributed by atoms with Gasteiger partial charge in [0.1, 0.15) is 5.65 Å². The van der Waals surface area contributed by atoms with Gasteiger partial charge in [0.05, 0.1) is 28.6 Å². The number of anilines is 1. The molecule has 0 aromatic carbocycles. The summed E-state index contributed by atoms with van der Waals surface area (Å²) in [5.74, 6) is 0.142. The minimum Gasteiger partial charge on any atom is -0.393 e. The van der Waals surface area contributed by atoms with Crippen molar-refractivity contribution in [3.63, 3.8) is 0 Å². The van der Waals surface area contributed by atoms with E-state index in [9.17, 15) is 19.8 Å². The van der Waals surface area contributed by atoms with Crippen molar-refractivity contribution < 1.29 is 19.8 Å². The highest BCUT2D eigenvalue weighted by Crippen LogP contribution is 2.60. The highest BCUT2D eigenvalue weighted by Gasteiger charge is 2.56. The van der Waals surface area contributed by atoms with Crippen LogP contribution in [0.25, 0.3) is 21.9 Å². The van der Waals surface area contributed by atoms with Crippen molar-refractivity contribution in [2.75, 3.05) is 5.32 Å². The second-order valence-electron chi connectivity index (χ2n) is 11.7. The number of aromatic amines is 1. The molecule has 5 atom stereocenters. The van der Waals surface area contributed by atoms with Gasteiger partial charge in [-0.3, -0.25) is 14.3 Å². The van der Waals surface area contributed by atoms with Crippen LogP contribution < -0.4 is 10.6 Å². The van der Waals surface area contributed by atoms with Crippen LogP contribution in [-0.4, -0.2) is 59.5 Å². The van der Waals surface area contributed by atoms with Crippen molar-refractivity contribution in [2.45, 2.75) is 81.6 Å². The molecule has 10 heteroatoms. The quantitative estimate of drug-likeness (QED) is 0.355. The molecule has 5 aliphatic carbocycles. The standard InChI is InChI=1S/C26H32N6O4/c33-17-3-1-16(2-4-17)29-24(34)25(35)30-23-19-12-28-22-18(5-6-27-22)21(19)32(31-23)20-14-7-13-8-15(20)11-26(36,9-13)10-14/h5-6,12-17,20,33,36H,1-4,7-11H2,(H,27,28)(H,29,34)(H,30,31,35)/t13?,14-,15+,16-,17+,20+,26-. The SMILES string of the molecule is O=C(Nc1nn([C@H]2[C@@H]3CC4C[C@H]2C[C@@](O)(C4)C3)c2c1cnc1[nH]ccc12)C(=O)N[C@H]1CC[C@@H](O)CC1. The molecule has 5 aliphatic rings. The summed E-state index contributed by atoms with van der Waals surface area (Å²) >= 11 is 0. The first-order chi connectivity index (χ1) is 17.4. The van der Waals surface area contributed by atoms with Gasteiger partial charge in [0.25, 0.3) is 0 Å². The summed E-state index contributed by atoms with van der Waals surface area (Å²) in [6.07, 6.45) is 10.5. The number of amides is 2. The number of aliphatic hydroxyl groups is 2. The first kappa shape index (κ1) is 22.2. The molecule has 36 heavy (non-hydrogen) atoms. The first-order valence-corrected chi connectivity index (χ1v) is 13.2. The number of nitrogens with one attached hydrogen (secondary N) is 3. The largest absolute Gasteiger partial charge is 0.393 e. The Hall–Kier alpha value is -2.98. The molecule has 4 bridgehead atoms. The third-order valence-electron chi connectivity index (χ3n) is 9.19. The molecule has 3 aromatic rings. The lowest BCUT2D eigenvalue weighted by Crippen LogP contribution is -2.55. The van der Waals surface area contributed by atoms with Crippen molar-refractivity contribution in [3.05, 3.63) is 18.5 Å². The number of H-pyrrole nitrogens is 1. The number of rotatable bonds is 3. The van der Waals surface area contributed by atoms with Crippen molar-refractivity contribution in [3.8, 4) is 0 Å². The normalized spacial score (nSPS) is 35.4. The molecule has 5 saturated carbocycles. The van der Waals surface area contributed by atoms with Gasteiger partial charge in [0, 0.05) is 23.8 Å². The Kier molecular flexibility index (Phi) is 4.95. The van der Waals surface area contributed by atoms with E-state index in [-0.39, 0.29) is 18.2 Å². The zero-order valence-electron chi connectivity index (χ0n) is 20.1. The van der Waals surface area contributed by atoms with Crippen LogP contribution in [0.5, 0.6) is 0 Å². The first-order valence-electron chi connectivity index (χ1n) is 13.2. The van der Waals surface area contributed by atoms with E-state index in [1.165, 1.54) is 0 Å². The number of hydrogen-bond donors (Lipinski definition) is 5. The molecule has 8 rings (SSSR count). The Morgan fingerprint density at radius 2 is 1.81 bits per heavy atom. The summed E-state index contributed by atoms with van der Waals surface area (Å²) in [7, 11) is 0. The lowest BCUT2D eigenvalue weighted by molar-refractivity contribution is -0.148. The van der Waals surface area contributed by atoms with Crippen LogP contribution in [0.15, 0.2) is 18.5 Å². The zero-order chi connectivity index (χ0) is 24.6. The van der Waals surface area contributed by atoms with Gasteiger partial charge in [-0.25, -0.2) is 4.98 Å². The smallest absolute Gasteiger partial charge is 0.314 e. The van der Waals surface area contributed by atoms with Crippen molar-refractivity contribution in [1.29, 1.82) is 0 Å². The Balaban J connectivity index is 1.22. The second-order valence-corrected chi connectivity index (χ2v) is 11.7. The maximum absolute atomic E-state index is 12.9. The van der Waals surface area contributed by atoms with E-state index in [0.29, 0.717) is 54.6 Å². The molecule has 0 saturated heterocycles. The highest BCUT2D eigenvalue weighted by molar-refractivity contribution is 6.40. The lowest BCUT2D eigenvalue weighted by Gasteiger charge is -2.57. The Bertz CT molecular complexity index is 1340. The number of aromatic nitrogens is 4. The molecule has 0 spiro atoms. The fourth-order valence-electron chi connectivity index (χ4n) is 7.92. The van der Waals surface area contributed by atoms with Gasteiger partial charge in [-0.05, 0) is 81.6 Å². The van der Waals surface area contributed by atoms with Crippen molar-refractivity contribution >= 4 is 39.6 Å². The number of hydrogen-bond acceptors (Lipinski definition) is 6. The summed E-state index contributed by atoms with van der Waals surface area (Å²) in [5.41, 5.74) is 1.11. The zero-order valence-corrected chi connectivity index (χ0v) is 20.1. The number of fused-ring (bicyclic) bond motifs is 3. The topological polar surface area (TPSA) is 145 Å². The summed E-state index contributed by atoms with van der Waals surface area (Å²) in [6.45, 7) is 0. The molecule has 3 aromatic heterocycles. The van der Waals surface area contributed by atoms with Crippen LogP contribution in [0.1, 0.15) is 63.8 Å². The van der Waals surface area contributed by atoms with Crippen LogP contribution in [0, 0.1) is 17.8 Å². The molecule has 5 fully saturated rings. The molecule has 5 N–H and O–H groups in total. The van der Waals surface area contributed by atoms with Crippen LogP contribution in [0.3, 0.4) is 0 Å². The minimum atomic E-state index is -0.749. The third kappa shape index (κ3) is 3.53. The van der Waals surface area contributed by atoms with Crippen LogP contribution >= 0.6 is 0 Å². The summed E-state index contributed by atoms with van der Waals surface area (Å²) in [4.78, 5) is 33.3. The summed E-state index contributed by atoms with van der Waals surface area (Å²) < 4.78 is 2.06. The minimum absolute atomic E-state index is 0.110. The molecule has 0 radical (unpaired) electrons. The fourth-order valence-corrected chi connectivity index (χ4v) is 7.92. The van der Waals surface area contributed by atoms with E-state index >= 15 is 0 Å². The van der Waals surface area contributed by atoms with E-state index in [1.54, 1.807) is 6.20 Å². The number of carbonyl (C=O) groups excluding carboxylic acids is 2. The Labute approximate surface area is 207 Å². The maximum atomic E-state index is 12.9. The van der Waals surface area contributed by atoms with Crippen molar-refractivity contribution in [2.24, 2.45) is 17.8 Å². The summed E-state index contributed by atoms with van der Waals surface area (Å²) in [6, 6.07) is 2.00. The van der Waals surface area contributed by atoms with Crippen LogP contribution in [-0.2, 0) is 9.59 Å². The van der Waals surface area contributed by atoms with Crippen molar-refractivity contribution in [1.82, 2.24) is 25.1 Å². The van der Waals surface area contributed by atoms with Gasteiger partial charge in [0.15, 0.2) is 5.82 Å². The molecular weight excluding hydrogens is 460 g/mol. The second kappa shape index (κ2) is 8.01. The predicted octanol–water partition coefficient (Wildman–Crippen LogP) is 2.38. The summed E-state index contributed by atoms with van der Waals surface area (Å²) in [5, 5.41) is 32.9. The van der Waals surface area contributed by atoms with Gasteiger partial charge in [-0.2, -0.15) is 5.10 Å². The van der Waals surface area contributed by atoms with E-state index in [1.807, 2.05) is 12.3 Å². The molecule has 190 valence electrons. The van der Waals surface area contributed by atoms with Gasteiger partial charge >= 0.3 is 11.8 Å². The Morgan fingerprint density at radius 3 is 2.53 bits per heavy atom. The van der Waals surface area contributed by atoms with Gasteiger partial charge < -0.3 is 25.8 Å². The highest BCUT2D eigenvalue weighted by atomic mass is 16.3. The predicted molar refractivity (Wildman–Crippen MR) is 132 cm³/mol. The third-order valence-corrected chi connectivity index (χ3v) is 9.19. The van der Waals surface area contributed by atoms with E-state index in [4.69, 9.17) is 5.10 Å². The van der Waals surface area contributed by atoms with Gasteiger partial charge in [0.2, 0.25) is 0 Å². The number of nitrogens with zero attached hydrogens (tertiary/aromatic N) is 3. The molecule has 3 heterocycles. The average Bonchev–Trinajstić information content (AvgIpc) is 3.44. The number of aliphatic hydroxyl groups excluding tert-OH is 1. The molecule has 2 amide bonds. The van der Waals surface area contributed by atoms with E-state index < -0.39 is 17.4 Å². The van der Waals surface area contributed by atoms with Gasteiger partial charge in [-0.1, -0.05) is 0 Å². The van der Waals surface area contributed by atoms with E-state index in [2.05, 4.69) is 25.3 Å². The molecular formula is C26H32N6O4. The van der Waals surface area contributed by atoms with Gasteiger partial charge in [-0.15, -0.1) is 0 Å². The van der Waals surface area contributed by atoms with Crippen LogP contribution in [0.4, 0.5) is 5.82 Å². The number of pyridine rings is 1. The lowest BCUT2D eigenvalue weighted by atomic mass is 9.52. The monoisotopic (exact) mass is 492 g/mol. The Morgan fingerprint density at radius 1 is 1.06 bits per heavy atom. The molecule has 0 aliphatic heterocycles. The molecule has 1 unspecified atom stereocenters. The fraction of sp³-hybridized carbons (Fsp3) is 0.615.